The molecule has 0 spiro atoms. The molecular weight excluding hydrogens is 306 g/mol. The lowest BCUT2D eigenvalue weighted by atomic mass is 10.0. The lowest BCUT2D eigenvalue weighted by Crippen LogP contribution is -2.36. The first-order valence-corrected chi connectivity index (χ1v) is 9.00. The minimum atomic E-state index is -3.49. The molecule has 0 amide bonds. The minimum Gasteiger partial charge on any atom is -0.377 e. The van der Waals surface area contributed by atoms with Crippen LogP contribution < -0.4 is 4.31 Å². The van der Waals surface area contributed by atoms with Crippen molar-refractivity contribution in [3.63, 3.8) is 0 Å². The van der Waals surface area contributed by atoms with Crippen molar-refractivity contribution < 1.29 is 13.2 Å². The van der Waals surface area contributed by atoms with Gasteiger partial charge >= 0.3 is 0 Å². The summed E-state index contributed by atoms with van der Waals surface area (Å²) in [5.41, 5.74) is 1.66. The third-order valence-electron chi connectivity index (χ3n) is 3.69. The SMILES string of the molecule is COC1CCN(S(=O)(=O)c2ccc(C)s2)c2ccccc21. The second-order valence-corrected chi connectivity index (χ2v) is 8.39. The van der Waals surface area contributed by atoms with E-state index in [1.54, 1.807) is 13.2 Å². The van der Waals surface area contributed by atoms with Crippen molar-refractivity contribution in [2.24, 2.45) is 0 Å². The number of rotatable bonds is 3. The van der Waals surface area contributed by atoms with Crippen LogP contribution in [-0.2, 0) is 14.8 Å². The number of anilines is 1. The van der Waals surface area contributed by atoms with Crippen LogP contribution in [0, 0.1) is 6.92 Å². The minimum absolute atomic E-state index is 0.0438. The van der Waals surface area contributed by atoms with Gasteiger partial charge in [-0.1, -0.05) is 18.2 Å². The molecule has 0 bridgehead atoms. The molecule has 0 radical (unpaired) electrons. The van der Waals surface area contributed by atoms with E-state index in [1.165, 1.54) is 15.6 Å². The van der Waals surface area contributed by atoms with E-state index in [0.29, 0.717) is 17.2 Å². The first kappa shape index (κ1) is 14.6. The van der Waals surface area contributed by atoms with Gasteiger partial charge in [0.2, 0.25) is 0 Å². The summed E-state index contributed by atoms with van der Waals surface area (Å²) in [6.07, 6.45) is 0.620. The molecule has 3 rings (SSSR count). The topological polar surface area (TPSA) is 46.6 Å². The zero-order chi connectivity index (χ0) is 15.0. The molecule has 112 valence electrons. The van der Waals surface area contributed by atoms with Gasteiger partial charge in [0.05, 0.1) is 11.8 Å². The molecule has 0 fully saturated rings. The van der Waals surface area contributed by atoms with Gasteiger partial charge in [-0.05, 0) is 31.5 Å². The van der Waals surface area contributed by atoms with Crippen LogP contribution in [0.25, 0.3) is 0 Å². The van der Waals surface area contributed by atoms with E-state index in [1.807, 2.05) is 37.3 Å². The second-order valence-electron chi connectivity index (χ2n) is 5.01. The number of thiophene rings is 1. The van der Waals surface area contributed by atoms with E-state index in [4.69, 9.17) is 4.74 Å². The van der Waals surface area contributed by atoms with Crippen LogP contribution in [0.4, 0.5) is 5.69 Å². The fourth-order valence-corrected chi connectivity index (χ4v) is 5.55. The number of hydrogen-bond acceptors (Lipinski definition) is 4. The quantitative estimate of drug-likeness (QED) is 0.870. The number of methoxy groups -OCH3 is 1. The van der Waals surface area contributed by atoms with Gasteiger partial charge in [0.25, 0.3) is 10.0 Å². The van der Waals surface area contributed by atoms with Crippen LogP contribution in [0.1, 0.15) is 23.0 Å². The first-order valence-electron chi connectivity index (χ1n) is 6.75. The van der Waals surface area contributed by atoms with Gasteiger partial charge in [0.1, 0.15) is 4.21 Å². The Morgan fingerprint density at radius 1 is 1.24 bits per heavy atom. The molecular formula is C15H17NO3S2. The largest absolute Gasteiger partial charge is 0.377 e. The van der Waals surface area contributed by atoms with Crippen LogP contribution >= 0.6 is 11.3 Å². The van der Waals surface area contributed by atoms with Crippen LogP contribution in [-0.4, -0.2) is 22.1 Å². The van der Waals surface area contributed by atoms with E-state index in [0.717, 1.165) is 16.1 Å². The molecule has 0 saturated heterocycles. The van der Waals surface area contributed by atoms with Crippen molar-refractivity contribution in [3.8, 4) is 0 Å². The predicted molar refractivity (Wildman–Crippen MR) is 84.4 cm³/mol. The van der Waals surface area contributed by atoms with Gasteiger partial charge in [-0.25, -0.2) is 8.42 Å². The fourth-order valence-electron chi connectivity index (χ4n) is 2.65. The molecule has 1 aromatic heterocycles. The highest BCUT2D eigenvalue weighted by atomic mass is 32.2. The molecule has 1 aliphatic rings. The van der Waals surface area contributed by atoms with Crippen molar-refractivity contribution in [2.75, 3.05) is 18.0 Å². The summed E-state index contributed by atoms with van der Waals surface area (Å²) in [7, 11) is -1.83. The number of benzene rings is 1. The molecule has 1 aliphatic heterocycles. The number of ether oxygens (including phenoxy) is 1. The number of sulfonamides is 1. The number of nitrogens with zero attached hydrogens (tertiary/aromatic N) is 1. The summed E-state index contributed by atoms with van der Waals surface area (Å²) >= 11 is 1.31. The number of hydrogen-bond donors (Lipinski definition) is 0. The Kier molecular flexibility index (Phi) is 3.77. The molecule has 0 saturated carbocycles. The maximum atomic E-state index is 12.9. The molecule has 1 unspecified atom stereocenters. The van der Waals surface area contributed by atoms with Crippen molar-refractivity contribution in [3.05, 3.63) is 46.8 Å². The van der Waals surface area contributed by atoms with Gasteiger partial charge in [0, 0.05) is 24.1 Å². The smallest absolute Gasteiger partial charge is 0.273 e. The Labute approximate surface area is 129 Å². The predicted octanol–water partition coefficient (Wildman–Crippen LogP) is 3.34. The maximum Gasteiger partial charge on any atom is 0.273 e. The summed E-state index contributed by atoms with van der Waals surface area (Å²) in [5, 5.41) is 0. The summed E-state index contributed by atoms with van der Waals surface area (Å²) in [4.78, 5) is 0.994. The summed E-state index contributed by atoms with van der Waals surface area (Å²) < 4.78 is 33.1. The van der Waals surface area contributed by atoms with Gasteiger partial charge in [0.15, 0.2) is 0 Å². The fraction of sp³-hybridized carbons (Fsp3) is 0.333. The van der Waals surface area contributed by atoms with E-state index in [-0.39, 0.29) is 6.10 Å². The van der Waals surface area contributed by atoms with Crippen molar-refractivity contribution >= 4 is 27.0 Å². The first-order chi connectivity index (χ1) is 10.0. The third-order valence-corrected chi connectivity index (χ3v) is 6.97. The lowest BCUT2D eigenvalue weighted by Gasteiger charge is -2.33. The monoisotopic (exact) mass is 323 g/mol. The Balaban J connectivity index is 2.08. The van der Waals surface area contributed by atoms with E-state index < -0.39 is 10.0 Å². The summed E-state index contributed by atoms with van der Waals surface area (Å²) in [6, 6.07) is 11.1. The van der Waals surface area contributed by atoms with E-state index in [2.05, 4.69) is 0 Å². The average Bonchev–Trinajstić information content (AvgIpc) is 2.93. The zero-order valence-electron chi connectivity index (χ0n) is 11.9. The number of para-hydroxylation sites is 1. The van der Waals surface area contributed by atoms with Gasteiger partial charge < -0.3 is 4.74 Å². The molecule has 0 aliphatic carbocycles. The molecule has 4 nitrogen and oxygen atoms in total. The highest BCUT2D eigenvalue weighted by Gasteiger charge is 2.33. The Hall–Kier alpha value is -1.37. The Morgan fingerprint density at radius 2 is 2.00 bits per heavy atom. The van der Waals surface area contributed by atoms with E-state index >= 15 is 0 Å². The molecule has 2 aromatic rings. The molecule has 0 N–H and O–H groups in total. The maximum absolute atomic E-state index is 12.9. The van der Waals surface area contributed by atoms with Gasteiger partial charge in [-0.15, -0.1) is 11.3 Å². The van der Waals surface area contributed by atoms with Crippen LogP contribution in [0.2, 0.25) is 0 Å². The van der Waals surface area contributed by atoms with Crippen LogP contribution in [0.5, 0.6) is 0 Å². The second kappa shape index (κ2) is 5.44. The molecule has 21 heavy (non-hydrogen) atoms. The van der Waals surface area contributed by atoms with Crippen LogP contribution in [0.3, 0.4) is 0 Å². The van der Waals surface area contributed by atoms with Crippen molar-refractivity contribution in [2.45, 2.75) is 23.7 Å². The highest BCUT2D eigenvalue weighted by molar-refractivity contribution is 7.94. The van der Waals surface area contributed by atoms with Gasteiger partial charge in [-0.2, -0.15) is 0 Å². The molecule has 1 aromatic carbocycles. The number of aryl methyl sites for hydroxylation is 1. The molecule has 1 atom stereocenters. The summed E-state index contributed by atoms with van der Waals surface area (Å²) in [6.45, 7) is 2.35. The average molecular weight is 323 g/mol. The molecule has 6 heteroatoms. The third kappa shape index (κ3) is 2.47. The van der Waals surface area contributed by atoms with Crippen molar-refractivity contribution in [1.82, 2.24) is 0 Å². The highest BCUT2D eigenvalue weighted by Crippen LogP contribution is 2.39. The Bertz CT molecular complexity index is 752. The lowest BCUT2D eigenvalue weighted by molar-refractivity contribution is 0.0951. The van der Waals surface area contributed by atoms with Crippen molar-refractivity contribution in [1.29, 1.82) is 0 Å². The summed E-state index contributed by atoms with van der Waals surface area (Å²) in [5.74, 6) is 0. The standard InChI is InChI=1S/C15H17NO3S2/c1-11-7-8-15(20-11)21(17,18)16-10-9-14(19-2)12-5-3-4-6-13(12)16/h3-8,14H,9-10H2,1-2H3. The number of fused-ring (bicyclic) bond motifs is 1. The zero-order valence-corrected chi connectivity index (χ0v) is 13.6. The molecule has 2 heterocycles. The normalized spacial score (nSPS) is 18.6. The Morgan fingerprint density at radius 3 is 2.67 bits per heavy atom. The van der Waals surface area contributed by atoms with E-state index in [9.17, 15) is 8.42 Å². The van der Waals surface area contributed by atoms with Gasteiger partial charge in [-0.3, -0.25) is 4.31 Å². The van der Waals surface area contributed by atoms with Crippen LogP contribution in [0.15, 0.2) is 40.6 Å².